The highest BCUT2D eigenvalue weighted by Crippen LogP contribution is 2.32. The number of methoxy groups -OCH3 is 1. The Bertz CT molecular complexity index is 678. The van der Waals surface area contributed by atoms with Crippen LogP contribution in [0.1, 0.15) is 27.0 Å². The number of ether oxygens (including phenoxy) is 1. The quantitative estimate of drug-likeness (QED) is 0.758. The summed E-state index contributed by atoms with van der Waals surface area (Å²) in [5.41, 5.74) is 2.94. The molecule has 0 spiro atoms. The second kappa shape index (κ2) is 5.86. The van der Waals surface area contributed by atoms with Crippen molar-refractivity contribution in [1.29, 1.82) is 0 Å². The van der Waals surface area contributed by atoms with Gasteiger partial charge in [0.15, 0.2) is 5.78 Å². The van der Waals surface area contributed by atoms with Gasteiger partial charge in [0.25, 0.3) is 0 Å². The van der Waals surface area contributed by atoms with E-state index < -0.39 is 0 Å². The molecule has 4 heteroatoms. The van der Waals surface area contributed by atoms with Crippen LogP contribution in [-0.4, -0.2) is 12.9 Å². The summed E-state index contributed by atoms with van der Waals surface area (Å²) >= 11 is 12.2. The SMILES string of the molecule is COc1cc(Cl)c(C(=O)c2cc(C)ccc2C)cc1Cl. The molecule has 2 aromatic carbocycles. The van der Waals surface area contributed by atoms with Gasteiger partial charge in [-0.3, -0.25) is 4.79 Å². The highest BCUT2D eigenvalue weighted by molar-refractivity contribution is 6.37. The fourth-order valence-electron chi connectivity index (χ4n) is 1.98. The average Bonchev–Trinajstić information content (AvgIpc) is 2.42. The summed E-state index contributed by atoms with van der Waals surface area (Å²) in [7, 11) is 1.50. The van der Waals surface area contributed by atoms with Gasteiger partial charge >= 0.3 is 0 Å². The van der Waals surface area contributed by atoms with Crippen molar-refractivity contribution < 1.29 is 9.53 Å². The zero-order chi connectivity index (χ0) is 14.9. The molecule has 0 saturated heterocycles. The molecule has 0 aliphatic heterocycles. The Labute approximate surface area is 128 Å². The van der Waals surface area contributed by atoms with Gasteiger partial charge in [0.1, 0.15) is 5.75 Å². The number of rotatable bonds is 3. The van der Waals surface area contributed by atoms with Crippen LogP contribution in [-0.2, 0) is 0 Å². The summed E-state index contributed by atoms with van der Waals surface area (Å²) < 4.78 is 5.08. The molecule has 0 fully saturated rings. The Balaban J connectivity index is 2.54. The Morgan fingerprint density at radius 2 is 1.70 bits per heavy atom. The monoisotopic (exact) mass is 308 g/mol. The summed E-state index contributed by atoms with van der Waals surface area (Å²) in [6, 6.07) is 8.84. The summed E-state index contributed by atoms with van der Waals surface area (Å²) in [4.78, 5) is 12.6. The molecule has 0 amide bonds. The molecular weight excluding hydrogens is 295 g/mol. The standard InChI is InChI=1S/C16H14Cl2O2/c1-9-4-5-10(2)11(6-9)16(19)12-7-14(18)15(20-3)8-13(12)17/h4-8H,1-3H3. The maximum atomic E-state index is 12.6. The van der Waals surface area contributed by atoms with Crippen molar-refractivity contribution in [2.45, 2.75) is 13.8 Å². The molecule has 0 atom stereocenters. The van der Waals surface area contributed by atoms with Crippen molar-refractivity contribution in [3.05, 3.63) is 62.6 Å². The van der Waals surface area contributed by atoms with Crippen LogP contribution in [0.5, 0.6) is 5.75 Å². The number of ketones is 1. The average molecular weight is 309 g/mol. The molecule has 0 heterocycles. The van der Waals surface area contributed by atoms with Crippen molar-refractivity contribution in [2.75, 3.05) is 7.11 Å². The van der Waals surface area contributed by atoms with Crippen molar-refractivity contribution in [2.24, 2.45) is 0 Å². The minimum Gasteiger partial charge on any atom is -0.495 e. The summed E-state index contributed by atoms with van der Waals surface area (Å²) in [5, 5.41) is 0.697. The van der Waals surface area contributed by atoms with Crippen LogP contribution in [0.3, 0.4) is 0 Å². The molecule has 0 bridgehead atoms. The van der Waals surface area contributed by atoms with Gasteiger partial charge in [0.05, 0.1) is 17.2 Å². The molecule has 0 saturated carbocycles. The Morgan fingerprint density at radius 1 is 1.00 bits per heavy atom. The minimum absolute atomic E-state index is 0.138. The fourth-order valence-corrected chi connectivity index (χ4v) is 2.46. The summed E-state index contributed by atoms with van der Waals surface area (Å²) in [6.07, 6.45) is 0. The first-order valence-corrected chi connectivity index (χ1v) is 6.84. The lowest BCUT2D eigenvalue weighted by Crippen LogP contribution is -2.05. The third kappa shape index (κ3) is 2.82. The lowest BCUT2D eigenvalue weighted by Gasteiger charge is -2.10. The van der Waals surface area contributed by atoms with Gasteiger partial charge in [-0.1, -0.05) is 40.9 Å². The number of halogens is 2. The number of aryl methyl sites for hydroxylation is 2. The summed E-state index contributed by atoms with van der Waals surface area (Å²) in [5.74, 6) is 0.315. The number of hydrogen-bond donors (Lipinski definition) is 0. The second-order valence-electron chi connectivity index (χ2n) is 4.61. The van der Waals surface area contributed by atoms with Crippen LogP contribution in [0.2, 0.25) is 10.0 Å². The van der Waals surface area contributed by atoms with Gasteiger partial charge in [-0.15, -0.1) is 0 Å². The van der Waals surface area contributed by atoms with Crippen LogP contribution < -0.4 is 4.74 Å². The zero-order valence-electron chi connectivity index (χ0n) is 11.5. The molecule has 104 valence electrons. The van der Waals surface area contributed by atoms with Gasteiger partial charge in [-0.25, -0.2) is 0 Å². The van der Waals surface area contributed by atoms with E-state index in [1.807, 2.05) is 32.0 Å². The molecule has 2 rings (SSSR count). The fraction of sp³-hybridized carbons (Fsp3) is 0.188. The van der Waals surface area contributed by atoms with E-state index in [4.69, 9.17) is 27.9 Å². The van der Waals surface area contributed by atoms with E-state index in [0.29, 0.717) is 26.9 Å². The lowest BCUT2D eigenvalue weighted by atomic mass is 9.97. The summed E-state index contributed by atoms with van der Waals surface area (Å²) in [6.45, 7) is 3.84. The smallest absolute Gasteiger partial charge is 0.194 e. The van der Waals surface area contributed by atoms with Gasteiger partial charge in [-0.05, 0) is 31.5 Å². The molecule has 2 aromatic rings. The van der Waals surface area contributed by atoms with Gasteiger partial charge in [0, 0.05) is 17.2 Å². The van der Waals surface area contributed by atoms with Gasteiger partial charge < -0.3 is 4.74 Å². The van der Waals surface area contributed by atoms with E-state index in [-0.39, 0.29) is 5.78 Å². The van der Waals surface area contributed by atoms with E-state index in [9.17, 15) is 4.79 Å². The van der Waals surface area contributed by atoms with Crippen LogP contribution in [0.25, 0.3) is 0 Å². The van der Waals surface area contributed by atoms with E-state index in [1.165, 1.54) is 7.11 Å². The predicted molar refractivity (Wildman–Crippen MR) is 82.4 cm³/mol. The van der Waals surface area contributed by atoms with Crippen molar-refractivity contribution in [3.8, 4) is 5.75 Å². The Morgan fingerprint density at radius 3 is 2.35 bits per heavy atom. The number of hydrogen-bond acceptors (Lipinski definition) is 2. The first kappa shape index (κ1) is 14.9. The molecule has 0 aliphatic carbocycles. The lowest BCUT2D eigenvalue weighted by molar-refractivity contribution is 0.103. The Kier molecular flexibility index (Phi) is 4.36. The second-order valence-corrected chi connectivity index (χ2v) is 5.43. The van der Waals surface area contributed by atoms with Crippen LogP contribution in [0.15, 0.2) is 30.3 Å². The molecule has 2 nitrogen and oxygen atoms in total. The Hall–Kier alpha value is -1.51. The van der Waals surface area contributed by atoms with Crippen molar-refractivity contribution in [3.63, 3.8) is 0 Å². The molecule has 20 heavy (non-hydrogen) atoms. The van der Waals surface area contributed by atoms with E-state index in [1.54, 1.807) is 12.1 Å². The van der Waals surface area contributed by atoms with Gasteiger partial charge in [0.2, 0.25) is 0 Å². The predicted octanol–water partition coefficient (Wildman–Crippen LogP) is 4.85. The van der Waals surface area contributed by atoms with E-state index in [0.717, 1.165) is 11.1 Å². The topological polar surface area (TPSA) is 26.3 Å². The zero-order valence-corrected chi connectivity index (χ0v) is 13.0. The van der Waals surface area contributed by atoms with Crippen LogP contribution >= 0.6 is 23.2 Å². The van der Waals surface area contributed by atoms with Gasteiger partial charge in [-0.2, -0.15) is 0 Å². The number of carbonyl (C=O) groups excluding carboxylic acids is 1. The molecule has 0 unspecified atom stereocenters. The first-order chi connectivity index (χ1) is 9.43. The maximum Gasteiger partial charge on any atom is 0.194 e. The van der Waals surface area contributed by atoms with Crippen molar-refractivity contribution in [1.82, 2.24) is 0 Å². The van der Waals surface area contributed by atoms with Crippen LogP contribution in [0, 0.1) is 13.8 Å². The number of carbonyl (C=O) groups is 1. The maximum absolute atomic E-state index is 12.6. The highest BCUT2D eigenvalue weighted by atomic mass is 35.5. The van der Waals surface area contributed by atoms with Crippen LogP contribution in [0.4, 0.5) is 0 Å². The third-order valence-electron chi connectivity index (χ3n) is 3.12. The number of benzene rings is 2. The van der Waals surface area contributed by atoms with Crippen molar-refractivity contribution >= 4 is 29.0 Å². The molecular formula is C16H14Cl2O2. The van der Waals surface area contributed by atoms with E-state index in [2.05, 4.69) is 0 Å². The molecule has 0 radical (unpaired) electrons. The first-order valence-electron chi connectivity index (χ1n) is 6.09. The normalized spacial score (nSPS) is 10.4. The molecule has 0 aromatic heterocycles. The largest absolute Gasteiger partial charge is 0.495 e. The molecule has 0 aliphatic rings. The third-order valence-corrected chi connectivity index (χ3v) is 3.73. The minimum atomic E-state index is -0.138. The highest BCUT2D eigenvalue weighted by Gasteiger charge is 2.17. The van der Waals surface area contributed by atoms with E-state index >= 15 is 0 Å². The molecule has 0 N–H and O–H groups in total.